The van der Waals surface area contributed by atoms with Gasteiger partial charge in [-0.2, -0.15) is 11.8 Å². The molecule has 0 aromatic carbocycles. The SMILES string of the molecule is CCC1CN(C(=O)CC2CS(=O)(=O)CCN2)CCS1. The first-order chi connectivity index (χ1) is 9.00. The summed E-state index contributed by atoms with van der Waals surface area (Å²) in [4.78, 5) is 14.1. The zero-order valence-electron chi connectivity index (χ0n) is 11.3. The maximum atomic E-state index is 12.2. The Morgan fingerprint density at radius 1 is 1.47 bits per heavy atom. The van der Waals surface area contributed by atoms with Gasteiger partial charge in [0, 0.05) is 43.1 Å². The molecule has 0 aliphatic carbocycles. The highest BCUT2D eigenvalue weighted by molar-refractivity contribution is 8.00. The van der Waals surface area contributed by atoms with Crippen molar-refractivity contribution in [3.63, 3.8) is 0 Å². The number of thioether (sulfide) groups is 1. The van der Waals surface area contributed by atoms with Crippen LogP contribution in [-0.2, 0) is 14.6 Å². The lowest BCUT2D eigenvalue weighted by atomic mass is 10.2. The van der Waals surface area contributed by atoms with E-state index in [-0.39, 0.29) is 23.5 Å². The number of carbonyl (C=O) groups is 1. The lowest BCUT2D eigenvalue weighted by Gasteiger charge is -2.33. The molecule has 110 valence electrons. The fourth-order valence-electron chi connectivity index (χ4n) is 2.53. The molecular weight excluding hydrogens is 284 g/mol. The Morgan fingerprint density at radius 2 is 2.26 bits per heavy atom. The van der Waals surface area contributed by atoms with E-state index >= 15 is 0 Å². The van der Waals surface area contributed by atoms with Crippen LogP contribution in [0.25, 0.3) is 0 Å². The first-order valence-corrected chi connectivity index (χ1v) is 9.70. The largest absolute Gasteiger partial charge is 0.341 e. The van der Waals surface area contributed by atoms with Crippen LogP contribution in [0.15, 0.2) is 0 Å². The summed E-state index contributed by atoms with van der Waals surface area (Å²) in [6.45, 7) is 4.20. The van der Waals surface area contributed by atoms with Crippen molar-refractivity contribution >= 4 is 27.5 Å². The van der Waals surface area contributed by atoms with Crippen LogP contribution in [0.2, 0.25) is 0 Å². The molecule has 0 radical (unpaired) electrons. The molecule has 2 rings (SSSR count). The summed E-state index contributed by atoms with van der Waals surface area (Å²) in [6, 6.07) is -0.207. The molecule has 2 aliphatic heterocycles. The molecule has 0 aromatic rings. The molecule has 7 heteroatoms. The van der Waals surface area contributed by atoms with Crippen molar-refractivity contribution in [2.75, 3.05) is 36.9 Å². The molecule has 1 amide bonds. The van der Waals surface area contributed by atoms with E-state index in [0.29, 0.717) is 18.2 Å². The van der Waals surface area contributed by atoms with Crippen molar-refractivity contribution in [2.45, 2.75) is 31.1 Å². The Labute approximate surface area is 119 Å². The first kappa shape index (κ1) is 15.1. The van der Waals surface area contributed by atoms with Crippen molar-refractivity contribution in [2.24, 2.45) is 0 Å². The van der Waals surface area contributed by atoms with Crippen LogP contribution in [0.3, 0.4) is 0 Å². The summed E-state index contributed by atoms with van der Waals surface area (Å²) < 4.78 is 23.1. The molecule has 2 heterocycles. The summed E-state index contributed by atoms with van der Waals surface area (Å²) in [5, 5.41) is 3.67. The van der Waals surface area contributed by atoms with Crippen LogP contribution in [0.4, 0.5) is 0 Å². The average Bonchev–Trinajstić information content (AvgIpc) is 2.37. The van der Waals surface area contributed by atoms with Crippen LogP contribution in [-0.4, -0.2) is 67.4 Å². The second-order valence-corrected chi connectivity index (χ2v) is 8.85. The molecule has 5 nitrogen and oxygen atoms in total. The molecule has 0 spiro atoms. The van der Waals surface area contributed by atoms with Crippen LogP contribution in [0, 0.1) is 0 Å². The summed E-state index contributed by atoms with van der Waals surface area (Å²) >= 11 is 1.92. The first-order valence-electron chi connectivity index (χ1n) is 6.83. The van der Waals surface area contributed by atoms with E-state index in [1.165, 1.54) is 0 Å². The number of carbonyl (C=O) groups excluding carboxylic acids is 1. The van der Waals surface area contributed by atoms with Gasteiger partial charge >= 0.3 is 0 Å². The lowest BCUT2D eigenvalue weighted by molar-refractivity contribution is -0.131. The Hall–Kier alpha value is -0.270. The van der Waals surface area contributed by atoms with Gasteiger partial charge in [-0.25, -0.2) is 8.42 Å². The molecule has 2 fully saturated rings. The van der Waals surface area contributed by atoms with Gasteiger partial charge in [-0.15, -0.1) is 0 Å². The summed E-state index contributed by atoms with van der Waals surface area (Å²) in [5.41, 5.74) is 0. The standard InChI is InChI=1S/C12H22N2O3S2/c1-2-11-8-14(4-5-18-11)12(15)7-10-9-19(16,17)6-3-13-10/h10-11,13H,2-9H2,1H3. The maximum absolute atomic E-state index is 12.2. The quantitative estimate of drug-likeness (QED) is 0.802. The molecule has 1 N–H and O–H groups in total. The van der Waals surface area contributed by atoms with Gasteiger partial charge in [0.25, 0.3) is 0 Å². The van der Waals surface area contributed by atoms with E-state index in [4.69, 9.17) is 0 Å². The van der Waals surface area contributed by atoms with Gasteiger partial charge in [0.2, 0.25) is 5.91 Å². The minimum Gasteiger partial charge on any atom is -0.341 e. The fourth-order valence-corrected chi connectivity index (χ4v) is 5.16. The van der Waals surface area contributed by atoms with E-state index < -0.39 is 9.84 Å². The third-order valence-electron chi connectivity index (χ3n) is 3.67. The number of nitrogens with one attached hydrogen (secondary N) is 1. The predicted octanol–water partition coefficient (Wildman–Crippen LogP) is 0.117. The van der Waals surface area contributed by atoms with Gasteiger partial charge in [-0.05, 0) is 6.42 Å². The number of rotatable bonds is 3. The number of sulfone groups is 1. The Balaban J connectivity index is 1.86. The Morgan fingerprint density at radius 3 is 2.95 bits per heavy atom. The predicted molar refractivity (Wildman–Crippen MR) is 78.2 cm³/mol. The monoisotopic (exact) mass is 306 g/mol. The topological polar surface area (TPSA) is 66.5 Å². The van der Waals surface area contributed by atoms with Crippen LogP contribution < -0.4 is 5.32 Å². The fraction of sp³-hybridized carbons (Fsp3) is 0.917. The number of nitrogens with zero attached hydrogens (tertiary/aromatic N) is 1. The molecule has 2 aliphatic rings. The summed E-state index contributed by atoms with van der Waals surface area (Å²) in [5.74, 6) is 1.36. The average molecular weight is 306 g/mol. The minimum atomic E-state index is -2.96. The van der Waals surface area contributed by atoms with Crippen LogP contribution in [0.1, 0.15) is 19.8 Å². The molecule has 0 bridgehead atoms. The highest BCUT2D eigenvalue weighted by Gasteiger charge is 2.29. The highest BCUT2D eigenvalue weighted by atomic mass is 32.2. The van der Waals surface area contributed by atoms with Gasteiger partial charge in [-0.3, -0.25) is 4.79 Å². The highest BCUT2D eigenvalue weighted by Crippen LogP contribution is 2.22. The lowest BCUT2D eigenvalue weighted by Crippen LogP contribution is -2.49. The minimum absolute atomic E-state index is 0.0911. The van der Waals surface area contributed by atoms with Crippen molar-refractivity contribution < 1.29 is 13.2 Å². The van der Waals surface area contributed by atoms with E-state index in [1.54, 1.807) is 0 Å². The zero-order valence-corrected chi connectivity index (χ0v) is 12.9. The molecular formula is C12H22N2O3S2. The van der Waals surface area contributed by atoms with E-state index in [9.17, 15) is 13.2 Å². The third kappa shape index (κ3) is 4.36. The van der Waals surface area contributed by atoms with Crippen LogP contribution in [0.5, 0.6) is 0 Å². The third-order valence-corrected chi connectivity index (χ3v) is 6.78. The smallest absolute Gasteiger partial charge is 0.224 e. The Kier molecular flexibility index (Phi) is 5.14. The van der Waals surface area contributed by atoms with Gasteiger partial charge in [-0.1, -0.05) is 6.92 Å². The summed E-state index contributed by atoms with van der Waals surface area (Å²) in [7, 11) is -2.96. The molecule has 2 atom stereocenters. The number of amides is 1. The van der Waals surface area contributed by atoms with Crippen molar-refractivity contribution in [1.82, 2.24) is 10.2 Å². The Bertz CT molecular complexity index is 425. The van der Waals surface area contributed by atoms with Gasteiger partial charge in [0.15, 0.2) is 9.84 Å². The number of hydrogen-bond acceptors (Lipinski definition) is 5. The van der Waals surface area contributed by atoms with Gasteiger partial charge < -0.3 is 10.2 Å². The van der Waals surface area contributed by atoms with Gasteiger partial charge in [0.05, 0.1) is 11.5 Å². The molecule has 0 aromatic heterocycles. The van der Waals surface area contributed by atoms with Crippen molar-refractivity contribution in [1.29, 1.82) is 0 Å². The molecule has 19 heavy (non-hydrogen) atoms. The van der Waals surface area contributed by atoms with Crippen molar-refractivity contribution in [3.8, 4) is 0 Å². The number of hydrogen-bond donors (Lipinski definition) is 1. The zero-order chi connectivity index (χ0) is 13.9. The molecule has 0 saturated carbocycles. The molecule has 2 saturated heterocycles. The van der Waals surface area contributed by atoms with E-state index in [1.807, 2.05) is 16.7 Å². The van der Waals surface area contributed by atoms with E-state index in [0.717, 1.165) is 25.3 Å². The molecule has 2 unspecified atom stereocenters. The van der Waals surface area contributed by atoms with Crippen molar-refractivity contribution in [3.05, 3.63) is 0 Å². The summed E-state index contributed by atoms with van der Waals surface area (Å²) in [6.07, 6.45) is 1.38. The van der Waals surface area contributed by atoms with Gasteiger partial charge in [0.1, 0.15) is 0 Å². The van der Waals surface area contributed by atoms with Crippen LogP contribution >= 0.6 is 11.8 Å². The normalized spacial score (nSPS) is 31.1. The second kappa shape index (κ2) is 6.45. The maximum Gasteiger partial charge on any atom is 0.224 e. The van der Waals surface area contributed by atoms with E-state index in [2.05, 4.69) is 12.2 Å². The second-order valence-electron chi connectivity index (χ2n) is 5.21.